The molecule has 0 saturated carbocycles. The molecule has 2 atom stereocenters. The van der Waals surface area contributed by atoms with Gasteiger partial charge in [-0.2, -0.15) is 5.01 Å². The summed E-state index contributed by atoms with van der Waals surface area (Å²) in [5.74, 6) is 2.33. The summed E-state index contributed by atoms with van der Waals surface area (Å²) >= 11 is 0. The van der Waals surface area contributed by atoms with Crippen LogP contribution in [0, 0.1) is 12.3 Å². The quantitative estimate of drug-likeness (QED) is 0.255. The predicted octanol–water partition coefficient (Wildman–Crippen LogP) is 4.89. The standard InChI is InChI=1S/C39H39N5O3/c1-2-24-42-29-37(45)43-35(26-30-15-7-3-8-16-30)38(46)41(28-36(43)44(42)39(47)40-27-31-17-9-4-10-18-31)25-23-34(32-19-11-5-12-20-32)33-21-13-6-14-22-33/h1,3-22,34-36H,23-29H2,(H,40,47)/t35-,36-/m0/s1. The Kier molecular flexibility index (Phi) is 9.95. The highest BCUT2D eigenvalue weighted by Gasteiger charge is 2.51. The van der Waals surface area contributed by atoms with Crippen molar-refractivity contribution in [2.24, 2.45) is 0 Å². The first-order valence-corrected chi connectivity index (χ1v) is 16.1. The second kappa shape index (κ2) is 14.8. The van der Waals surface area contributed by atoms with Crippen molar-refractivity contribution < 1.29 is 14.4 Å². The zero-order valence-corrected chi connectivity index (χ0v) is 26.3. The van der Waals surface area contributed by atoms with Gasteiger partial charge in [-0.05, 0) is 28.7 Å². The summed E-state index contributed by atoms with van der Waals surface area (Å²) in [5.41, 5.74) is 4.22. The maximum absolute atomic E-state index is 14.4. The number of carbonyl (C=O) groups excluding carboxylic acids is 3. The van der Waals surface area contributed by atoms with Gasteiger partial charge in [0.05, 0.1) is 19.6 Å². The molecule has 2 fully saturated rings. The Morgan fingerprint density at radius 2 is 1.36 bits per heavy atom. The second-order valence-corrected chi connectivity index (χ2v) is 11.9. The van der Waals surface area contributed by atoms with Crippen LogP contribution >= 0.6 is 0 Å². The fourth-order valence-electron chi connectivity index (χ4n) is 6.71. The molecule has 4 aromatic rings. The molecule has 0 radical (unpaired) electrons. The summed E-state index contributed by atoms with van der Waals surface area (Å²) in [6.45, 7) is 0.919. The highest BCUT2D eigenvalue weighted by atomic mass is 16.2. The first-order chi connectivity index (χ1) is 23.0. The molecule has 2 aliphatic heterocycles. The first kappa shape index (κ1) is 31.6. The van der Waals surface area contributed by atoms with Gasteiger partial charge in [0.2, 0.25) is 11.8 Å². The number of hydrogen-bond acceptors (Lipinski definition) is 4. The van der Waals surface area contributed by atoms with E-state index in [4.69, 9.17) is 6.42 Å². The number of piperazine rings is 1. The lowest BCUT2D eigenvalue weighted by molar-refractivity contribution is -0.188. The van der Waals surface area contributed by atoms with Crippen molar-refractivity contribution in [3.63, 3.8) is 0 Å². The third kappa shape index (κ3) is 7.21. The van der Waals surface area contributed by atoms with Gasteiger partial charge in [-0.15, -0.1) is 6.42 Å². The number of fused-ring (bicyclic) bond motifs is 1. The van der Waals surface area contributed by atoms with E-state index in [-0.39, 0.29) is 43.4 Å². The average molecular weight is 626 g/mol. The number of carbonyl (C=O) groups is 3. The lowest BCUT2D eigenvalue weighted by atomic mass is 9.88. The number of benzene rings is 4. The molecule has 2 saturated heterocycles. The van der Waals surface area contributed by atoms with E-state index < -0.39 is 12.2 Å². The molecule has 47 heavy (non-hydrogen) atoms. The van der Waals surface area contributed by atoms with Gasteiger partial charge in [-0.25, -0.2) is 9.80 Å². The average Bonchev–Trinajstić information content (AvgIpc) is 3.11. The van der Waals surface area contributed by atoms with Crippen molar-refractivity contribution in [1.82, 2.24) is 25.1 Å². The Labute approximate surface area is 276 Å². The van der Waals surface area contributed by atoms with Crippen LogP contribution in [-0.2, 0) is 22.6 Å². The van der Waals surface area contributed by atoms with Crippen LogP contribution in [0.3, 0.4) is 0 Å². The van der Waals surface area contributed by atoms with Gasteiger partial charge in [0.25, 0.3) is 0 Å². The van der Waals surface area contributed by atoms with Crippen molar-refractivity contribution in [2.75, 3.05) is 26.2 Å². The largest absolute Gasteiger partial charge is 0.337 e. The fourth-order valence-corrected chi connectivity index (χ4v) is 6.71. The molecule has 0 aliphatic carbocycles. The smallest absolute Gasteiger partial charge is 0.334 e. The monoisotopic (exact) mass is 625 g/mol. The zero-order valence-electron chi connectivity index (χ0n) is 26.3. The summed E-state index contributed by atoms with van der Waals surface area (Å²) in [6, 6.07) is 38.8. The molecule has 4 aromatic carbocycles. The number of hydrazine groups is 1. The second-order valence-electron chi connectivity index (χ2n) is 11.9. The van der Waals surface area contributed by atoms with Crippen LogP contribution in [0.1, 0.15) is 34.6 Å². The molecule has 0 aromatic heterocycles. The van der Waals surface area contributed by atoms with Gasteiger partial charge in [0, 0.05) is 25.4 Å². The lowest BCUT2D eigenvalue weighted by Crippen LogP contribution is -2.76. The van der Waals surface area contributed by atoms with Gasteiger partial charge in [-0.1, -0.05) is 127 Å². The maximum Gasteiger partial charge on any atom is 0.334 e. The minimum Gasteiger partial charge on any atom is -0.337 e. The molecule has 1 N–H and O–H groups in total. The molecule has 0 spiro atoms. The van der Waals surface area contributed by atoms with E-state index in [2.05, 4.69) is 35.5 Å². The number of nitrogens with zero attached hydrogens (tertiary/aromatic N) is 4. The lowest BCUT2D eigenvalue weighted by Gasteiger charge is -2.55. The molecular weight excluding hydrogens is 586 g/mol. The molecule has 2 heterocycles. The van der Waals surface area contributed by atoms with Crippen LogP contribution < -0.4 is 5.32 Å². The highest BCUT2D eigenvalue weighted by Crippen LogP contribution is 2.32. The van der Waals surface area contributed by atoms with Gasteiger partial charge < -0.3 is 15.1 Å². The first-order valence-electron chi connectivity index (χ1n) is 16.1. The fraction of sp³-hybridized carbons (Fsp3) is 0.256. The number of amides is 4. The van der Waals surface area contributed by atoms with E-state index in [0.717, 1.165) is 11.1 Å². The summed E-state index contributed by atoms with van der Waals surface area (Å²) in [7, 11) is 0. The van der Waals surface area contributed by atoms with Crippen LogP contribution in [-0.4, -0.2) is 76.0 Å². The van der Waals surface area contributed by atoms with E-state index in [9.17, 15) is 14.4 Å². The Hall–Kier alpha value is -5.39. The Morgan fingerprint density at radius 1 is 0.809 bits per heavy atom. The molecule has 0 unspecified atom stereocenters. The minimum atomic E-state index is -0.770. The molecule has 2 aliphatic rings. The highest BCUT2D eigenvalue weighted by molar-refractivity contribution is 5.91. The summed E-state index contributed by atoms with van der Waals surface area (Å²) in [6.07, 6.45) is 6.02. The van der Waals surface area contributed by atoms with Gasteiger partial charge >= 0.3 is 6.03 Å². The van der Waals surface area contributed by atoms with Gasteiger partial charge in [-0.3, -0.25) is 9.59 Å². The number of hydrogen-bond donors (Lipinski definition) is 1. The van der Waals surface area contributed by atoms with Crippen LogP contribution in [0.15, 0.2) is 121 Å². The van der Waals surface area contributed by atoms with E-state index in [1.54, 1.807) is 14.9 Å². The Bertz CT molecular complexity index is 1660. The van der Waals surface area contributed by atoms with Crippen LogP contribution in [0.25, 0.3) is 0 Å². The maximum atomic E-state index is 14.4. The number of nitrogens with one attached hydrogen (secondary N) is 1. The molecule has 6 rings (SSSR count). The molecule has 4 amide bonds. The van der Waals surface area contributed by atoms with Crippen molar-refractivity contribution in [3.8, 4) is 12.3 Å². The van der Waals surface area contributed by atoms with E-state index in [1.165, 1.54) is 11.1 Å². The van der Waals surface area contributed by atoms with Crippen molar-refractivity contribution in [2.45, 2.75) is 37.5 Å². The third-order valence-corrected chi connectivity index (χ3v) is 8.96. The van der Waals surface area contributed by atoms with E-state index in [1.807, 2.05) is 102 Å². The van der Waals surface area contributed by atoms with E-state index >= 15 is 0 Å². The van der Waals surface area contributed by atoms with Crippen molar-refractivity contribution in [1.29, 1.82) is 0 Å². The third-order valence-electron chi connectivity index (χ3n) is 8.96. The molecule has 8 heteroatoms. The molecule has 8 nitrogen and oxygen atoms in total. The summed E-state index contributed by atoms with van der Waals surface area (Å²) in [5, 5.41) is 6.21. The SMILES string of the molecule is C#CCN1CC(=O)N2[C@@H](Cc3ccccc3)C(=O)N(CCC(c3ccccc3)c3ccccc3)C[C@@H]2N1C(=O)NCc1ccccc1. The van der Waals surface area contributed by atoms with Crippen molar-refractivity contribution >= 4 is 17.8 Å². The molecule has 238 valence electrons. The predicted molar refractivity (Wildman–Crippen MR) is 181 cm³/mol. The number of urea groups is 1. The summed E-state index contributed by atoms with van der Waals surface area (Å²) < 4.78 is 0. The Balaban J connectivity index is 1.32. The Morgan fingerprint density at radius 3 is 1.94 bits per heavy atom. The van der Waals surface area contributed by atoms with Gasteiger partial charge in [0.1, 0.15) is 12.2 Å². The van der Waals surface area contributed by atoms with E-state index in [0.29, 0.717) is 25.9 Å². The number of terminal acetylenes is 1. The van der Waals surface area contributed by atoms with Crippen molar-refractivity contribution in [3.05, 3.63) is 144 Å². The molecule has 0 bridgehead atoms. The normalized spacial score (nSPS) is 18.2. The topological polar surface area (TPSA) is 76.2 Å². The van der Waals surface area contributed by atoms with Gasteiger partial charge in [0.15, 0.2) is 0 Å². The van der Waals surface area contributed by atoms with Crippen LogP contribution in [0.4, 0.5) is 4.79 Å². The van der Waals surface area contributed by atoms with Crippen LogP contribution in [0.5, 0.6) is 0 Å². The zero-order chi connectivity index (χ0) is 32.6. The number of rotatable bonds is 10. The van der Waals surface area contributed by atoms with Crippen LogP contribution in [0.2, 0.25) is 0 Å². The minimum absolute atomic E-state index is 0.0620. The summed E-state index contributed by atoms with van der Waals surface area (Å²) in [4.78, 5) is 45.6. The molecular formula is C39H39N5O3.